The molecule has 0 fully saturated rings. The van der Waals surface area contributed by atoms with Crippen LogP contribution < -0.4 is 32.9 Å². The van der Waals surface area contributed by atoms with E-state index in [4.69, 9.17) is 10.7 Å². The van der Waals surface area contributed by atoms with Gasteiger partial charge in [-0.1, -0.05) is 62.7 Å². The molecule has 15 nitrogen and oxygen atoms in total. The van der Waals surface area contributed by atoms with Gasteiger partial charge in [0, 0.05) is 51.3 Å². The molecular weight excluding hydrogens is 692 g/mol. The number of hydrogen-bond donors (Lipinski definition) is 6. The number of nitrogens with one attached hydrogen (secondary N) is 3. The predicted octanol–water partition coefficient (Wildman–Crippen LogP) is 2.38. The minimum absolute atomic E-state index is 0.156. The minimum Gasteiger partial charge on any atom is -0.481 e. The summed E-state index contributed by atoms with van der Waals surface area (Å²) in [5.41, 5.74) is 7.42. The van der Waals surface area contributed by atoms with Gasteiger partial charge in [0.15, 0.2) is 11.2 Å². The lowest BCUT2D eigenvalue weighted by atomic mass is 10.1. The number of carboxylic acids is 1. The summed E-state index contributed by atoms with van der Waals surface area (Å²) in [6.45, 7) is 6.01. The van der Waals surface area contributed by atoms with Crippen LogP contribution in [0.3, 0.4) is 0 Å². The molecule has 7 N–H and O–H groups in total. The molecule has 0 aliphatic heterocycles. The van der Waals surface area contributed by atoms with Crippen molar-refractivity contribution < 1.29 is 24.6 Å². The third-order valence-electron chi connectivity index (χ3n) is 9.17. The number of rotatable bonds is 23. The predicted molar refractivity (Wildman–Crippen MR) is 207 cm³/mol. The van der Waals surface area contributed by atoms with Gasteiger partial charge in [0.05, 0.1) is 12.5 Å². The summed E-state index contributed by atoms with van der Waals surface area (Å²) in [4.78, 5) is 70.0. The maximum atomic E-state index is 14.0. The number of nitrogens with zero attached hydrogens (tertiary/aromatic N) is 4. The number of carbonyl (C=O) groups is 3. The molecule has 2 unspecified atom stereocenters. The van der Waals surface area contributed by atoms with Crippen LogP contribution in [0.2, 0.25) is 0 Å². The van der Waals surface area contributed by atoms with E-state index in [1.807, 2.05) is 54.8 Å². The van der Waals surface area contributed by atoms with Crippen molar-refractivity contribution >= 4 is 34.6 Å². The normalized spacial score (nSPS) is 12.4. The lowest BCUT2D eigenvalue weighted by molar-refractivity contribution is -0.139. The molecule has 0 aliphatic carbocycles. The zero-order valence-corrected chi connectivity index (χ0v) is 31.3. The lowest BCUT2D eigenvalue weighted by Crippen LogP contribution is -2.45. The number of nitrogens with two attached hydrogens (primary N) is 1. The molecule has 2 heterocycles. The van der Waals surface area contributed by atoms with Gasteiger partial charge in [-0.15, -0.1) is 0 Å². The third-order valence-corrected chi connectivity index (χ3v) is 9.17. The molecule has 292 valence electrons. The third kappa shape index (κ3) is 11.7. The Labute approximate surface area is 314 Å². The van der Waals surface area contributed by atoms with E-state index in [0.717, 1.165) is 24.0 Å². The van der Waals surface area contributed by atoms with Crippen LogP contribution in [0, 0.1) is 0 Å². The van der Waals surface area contributed by atoms with E-state index in [9.17, 15) is 34.2 Å². The number of carbonyl (C=O) groups excluding carboxylic acids is 2. The van der Waals surface area contributed by atoms with Crippen molar-refractivity contribution in [3.05, 3.63) is 92.4 Å². The van der Waals surface area contributed by atoms with Gasteiger partial charge in [-0.2, -0.15) is 0 Å². The van der Waals surface area contributed by atoms with Crippen LogP contribution in [0.15, 0.2) is 64.2 Å². The number of carboxylic acid groups (broad SMARTS) is 1. The molecule has 0 aliphatic rings. The number of unbranched alkanes of at least 4 members (excludes halogenated alkanes) is 2. The number of hydrogen-bond acceptors (Lipinski definition) is 9. The average molecular weight is 747 g/mol. The van der Waals surface area contributed by atoms with Gasteiger partial charge in [-0.25, -0.2) is 9.78 Å². The van der Waals surface area contributed by atoms with Crippen molar-refractivity contribution in [3.63, 3.8) is 0 Å². The number of fused-ring (bicyclic) bond motifs is 1. The van der Waals surface area contributed by atoms with E-state index < -0.39 is 47.6 Å². The number of aryl methyl sites for hydroxylation is 2. The van der Waals surface area contributed by atoms with Gasteiger partial charge in [0.1, 0.15) is 11.9 Å². The van der Waals surface area contributed by atoms with Gasteiger partial charge in [0.2, 0.25) is 11.8 Å². The Kier molecular flexibility index (Phi) is 16.1. The molecule has 2 atom stereocenters. The maximum Gasteiger partial charge on any atom is 0.332 e. The second-order valence-electron chi connectivity index (χ2n) is 13.4. The van der Waals surface area contributed by atoms with Crippen LogP contribution in [-0.2, 0) is 46.9 Å². The van der Waals surface area contributed by atoms with E-state index in [1.165, 1.54) is 9.13 Å². The zero-order chi connectivity index (χ0) is 39.0. The van der Waals surface area contributed by atoms with E-state index in [2.05, 4.69) is 16.0 Å². The number of aromatic nitrogens is 4. The fourth-order valence-corrected chi connectivity index (χ4v) is 6.25. The van der Waals surface area contributed by atoms with Crippen molar-refractivity contribution in [2.45, 2.75) is 103 Å². The van der Waals surface area contributed by atoms with Crippen LogP contribution in [0.5, 0.6) is 0 Å². The van der Waals surface area contributed by atoms with Crippen LogP contribution in [0.25, 0.3) is 11.2 Å². The molecule has 54 heavy (non-hydrogen) atoms. The first-order valence-electron chi connectivity index (χ1n) is 18.8. The van der Waals surface area contributed by atoms with E-state index in [1.54, 1.807) is 18.2 Å². The molecule has 15 heteroatoms. The van der Waals surface area contributed by atoms with Crippen molar-refractivity contribution in [2.24, 2.45) is 5.73 Å². The fourth-order valence-electron chi connectivity index (χ4n) is 6.25. The number of imidazole rings is 1. The lowest BCUT2D eigenvalue weighted by Gasteiger charge is -2.17. The number of benzene rings is 2. The highest BCUT2D eigenvalue weighted by Gasteiger charge is 2.25. The number of aliphatic hydroxyl groups excluding tert-OH is 1. The summed E-state index contributed by atoms with van der Waals surface area (Å²) in [6.07, 6.45) is 3.16. The van der Waals surface area contributed by atoms with Gasteiger partial charge in [-0.05, 0) is 61.9 Å². The molecule has 0 radical (unpaired) electrons. The monoisotopic (exact) mass is 746 g/mol. The molecule has 2 aromatic carbocycles. The van der Waals surface area contributed by atoms with Gasteiger partial charge in [-0.3, -0.25) is 28.3 Å². The van der Waals surface area contributed by atoms with Crippen molar-refractivity contribution in [3.8, 4) is 0 Å². The number of aliphatic carboxylic acids is 1. The van der Waals surface area contributed by atoms with Gasteiger partial charge < -0.3 is 36.5 Å². The largest absolute Gasteiger partial charge is 0.481 e. The summed E-state index contributed by atoms with van der Waals surface area (Å²) in [5, 5.41) is 28.0. The van der Waals surface area contributed by atoms with Crippen LogP contribution >= 0.6 is 0 Å². The van der Waals surface area contributed by atoms with Gasteiger partial charge in [0.25, 0.3) is 5.56 Å². The minimum atomic E-state index is -1.27. The highest BCUT2D eigenvalue weighted by atomic mass is 16.4. The number of anilines is 1. The van der Waals surface area contributed by atoms with Gasteiger partial charge >= 0.3 is 11.7 Å². The Morgan fingerprint density at radius 3 is 2.37 bits per heavy atom. The average Bonchev–Trinajstić information content (AvgIpc) is 3.50. The van der Waals surface area contributed by atoms with Crippen molar-refractivity contribution in [1.82, 2.24) is 29.3 Å². The summed E-state index contributed by atoms with van der Waals surface area (Å²) in [7, 11) is 0. The first-order valence-corrected chi connectivity index (χ1v) is 18.8. The zero-order valence-electron chi connectivity index (χ0n) is 31.3. The molecular formula is C39H54N8O7. The molecule has 0 saturated heterocycles. The second-order valence-corrected chi connectivity index (χ2v) is 13.4. The molecule has 2 aromatic heterocycles. The molecule has 4 aromatic rings. The number of aliphatic hydroxyl groups is 1. The highest BCUT2D eigenvalue weighted by Crippen LogP contribution is 2.18. The van der Waals surface area contributed by atoms with Crippen LogP contribution in [0.1, 0.15) is 75.7 Å². The Morgan fingerprint density at radius 1 is 0.907 bits per heavy atom. The quantitative estimate of drug-likeness (QED) is 0.0610. The second kappa shape index (κ2) is 20.9. The SMILES string of the molecule is CCCn1c(=O)c2c(nc(Cc3ccccc3)n2CCNCC(O)CC)n(CCc2cccc(NC(=O)C(CC(=O)O)NC(=O)CCCCCN)c2)c1=O. The summed E-state index contributed by atoms with van der Waals surface area (Å²) in [6, 6.07) is 15.5. The molecule has 4 rings (SSSR count). The summed E-state index contributed by atoms with van der Waals surface area (Å²) >= 11 is 0. The van der Waals surface area contributed by atoms with E-state index >= 15 is 0 Å². The molecule has 0 saturated carbocycles. The van der Waals surface area contributed by atoms with Crippen LogP contribution in [0.4, 0.5) is 5.69 Å². The number of amides is 2. The standard InChI is InChI=1S/C39H54N8O7/c1-3-20-47-38(53)35-36(44-32(24-27-12-7-5-8-13-27)45(35)22-19-41-26-30(48)4-2)46(39(47)54)21-17-28-14-11-15-29(23-28)42-37(52)31(25-34(50)51)43-33(49)16-9-6-10-18-40/h5,7-8,11-15,23,30-31,41,48H,3-4,6,9-10,16-22,24-26,40H2,1-2H3,(H,42,52)(H,43,49)(H,50,51). The smallest absolute Gasteiger partial charge is 0.332 e. The van der Waals surface area contributed by atoms with Crippen molar-refractivity contribution in [2.75, 3.05) is 25.0 Å². The maximum absolute atomic E-state index is 14.0. The molecule has 0 bridgehead atoms. The van der Waals surface area contributed by atoms with E-state index in [0.29, 0.717) is 75.3 Å². The Hall–Kier alpha value is -5.12. The topological polar surface area (TPSA) is 216 Å². The summed E-state index contributed by atoms with van der Waals surface area (Å²) in [5.74, 6) is -1.67. The molecule has 0 spiro atoms. The van der Waals surface area contributed by atoms with Crippen LogP contribution in [-0.4, -0.2) is 78.5 Å². The summed E-state index contributed by atoms with van der Waals surface area (Å²) < 4.78 is 4.66. The highest BCUT2D eigenvalue weighted by molar-refractivity contribution is 5.99. The molecule has 2 amide bonds. The van der Waals surface area contributed by atoms with E-state index in [-0.39, 0.29) is 25.2 Å². The fraction of sp³-hybridized carbons (Fsp3) is 0.487. The van der Waals surface area contributed by atoms with Crippen molar-refractivity contribution in [1.29, 1.82) is 0 Å². The Morgan fingerprint density at radius 2 is 1.67 bits per heavy atom. The Balaban J connectivity index is 1.61. The Bertz CT molecular complexity index is 1970. The first-order chi connectivity index (χ1) is 26.1. The first kappa shape index (κ1) is 41.6.